The van der Waals surface area contributed by atoms with Crippen LogP contribution in [0.2, 0.25) is 0 Å². The lowest BCUT2D eigenvalue weighted by atomic mass is 10.2. The molecule has 0 saturated heterocycles. The number of aryl methyl sites for hydroxylation is 1. The van der Waals surface area contributed by atoms with Gasteiger partial charge in [0.25, 0.3) is 5.91 Å². The van der Waals surface area contributed by atoms with E-state index in [4.69, 9.17) is 0 Å². The fourth-order valence-electron chi connectivity index (χ4n) is 0.834. The number of nitrogens with one attached hydrogen (secondary N) is 1. The molecular weight excluding hydrogens is 237 g/mol. The summed E-state index contributed by atoms with van der Waals surface area (Å²) in [6.45, 7) is 1.94. The van der Waals surface area contributed by atoms with E-state index in [-0.39, 0.29) is 0 Å². The first kappa shape index (κ1) is 10.2. The molecule has 0 aliphatic rings. The maximum absolute atomic E-state index is 12.4. The predicted octanol–water partition coefficient (Wildman–Crippen LogP) is 2.62. The lowest BCUT2D eigenvalue weighted by Gasteiger charge is -2.04. The number of benzene rings is 1. The summed E-state index contributed by atoms with van der Waals surface area (Å²) in [7, 11) is 0. The van der Waals surface area contributed by atoms with E-state index in [9.17, 15) is 9.18 Å². The zero-order valence-electron chi connectivity index (χ0n) is 7.05. The van der Waals surface area contributed by atoms with E-state index in [0.29, 0.717) is 5.69 Å². The lowest BCUT2D eigenvalue weighted by Crippen LogP contribution is -2.18. The molecule has 4 heteroatoms. The van der Waals surface area contributed by atoms with Gasteiger partial charge in [-0.3, -0.25) is 4.79 Å². The van der Waals surface area contributed by atoms with Crippen molar-refractivity contribution in [1.82, 2.24) is 0 Å². The minimum absolute atomic E-state index is 0.595. The molecule has 1 rings (SSSR count). The molecule has 2 nitrogen and oxygen atoms in total. The predicted molar refractivity (Wildman–Crippen MR) is 53.6 cm³/mol. The Kier molecular flexibility index (Phi) is 3.42. The molecule has 0 saturated carbocycles. The van der Waals surface area contributed by atoms with Gasteiger partial charge in [-0.15, -0.1) is 0 Å². The van der Waals surface area contributed by atoms with Gasteiger partial charge < -0.3 is 5.32 Å². The van der Waals surface area contributed by atoms with E-state index in [1.54, 1.807) is 12.1 Å². The van der Waals surface area contributed by atoms with Crippen LogP contribution in [-0.2, 0) is 4.79 Å². The van der Waals surface area contributed by atoms with Gasteiger partial charge in [-0.05, 0) is 35.0 Å². The van der Waals surface area contributed by atoms with Crippen LogP contribution in [0.25, 0.3) is 0 Å². The van der Waals surface area contributed by atoms with Crippen LogP contribution in [0.1, 0.15) is 5.56 Å². The van der Waals surface area contributed by atoms with E-state index < -0.39 is 11.0 Å². The molecule has 0 heterocycles. The number of anilines is 1. The second kappa shape index (κ2) is 4.37. The topological polar surface area (TPSA) is 29.1 Å². The minimum atomic E-state index is -1.66. The van der Waals surface area contributed by atoms with Gasteiger partial charge in [0.15, 0.2) is 0 Å². The smallest absolute Gasteiger partial charge is 0.270 e. The molecule has 1 aromatic carbocycles. The molecule has 1 unspecified atom stereocenters. The van der Waals surface area contributed by atoms with E-state index in [1.807, 2.05) is 19.1 Å². The van der Waals surface area contributed by atoms with Crippen molar-refractivity contribution < 1.29 is 9.18 Å². The molecule has 0 aromatic heterocycles. The standard InChI is InChI=1S/C9H9BrFNO/c1-6-2-4-7(5-3-6)12-9(13)8(10)11/h2-5,8H,1H3,(H,12,13). The monoisotopic (exact) mass is 245 g/mol. The van der Waals surface area contributed by atoms with Crippen LogP contribution in [0.5, 0.6) is 0 Å². The van der Waals surface area contributed by atoms with Crippen LogP contribution in [0.4, 0.5) is 10.1 Å². The fourth-order valence-corrected chi connectivity index (χ4v) is 0.948. The molecule has 0 aliphatic carbocycles. The van der Waals surface area contributed by atoms with Crippen LogP contribution in [-0.4, -0.2) is 11.0 Å². The summed E-state index contributed by atoms with van der Waals surface area (Å²) in [4.78, 5) is 10.9. The Morgan fingerprint density at radius 2 is 2.00 bits per heavy atom. The number of rotatable bonds is 2. The summed E-state index contributed by atoms with van der Waals surface area (Å²) in [5, 5.41) is 0.749. The van der Waals surface area contributed by atoms with Crippen molar-refractivity contribution in [2.75, 3.05) is 5.32 Å². The van der Waals surface area contributed by atoms with E-state index in [1.165, 1.54) is 0 Å². The second-order valence-electron chi connectivity index (χ2n) is 2.66. The third kappa shape index (κ3) is 3.14. The van der Waals surface area contributed by atoms with Gasteiger partial charge in [0.2, 0.25) is 5.08 Å². The van der Waals surface area contributed by atoms with E-state index in [2.05, 4.69) is 21.2 Å². The molecule has 0 spiro atoms. The van der Waals surface area contributed by atoms with Gasteiger partial charge >= 0.3 is 0 Å². The normalized spacial score (nSPS) is 12.2. The molecule has 0 radical (unpaired) electrons. The van der Waals surface area contributed by atoms with Crippen molar-refractivity contribution in [3.8, 4) is 0 Å². The summed E-state index contributed by atoms with van der Waals surface area (Å²) in [6.07, 6.45) is 0. The molecule has 1 amide bonds. The Bertz CT molecular complexity index is 297. The Balaban J connectivity index is 2.65. The molecule has 13 heavy (non-hydrogen) atoms. The van der Waals surface area contributed by atoms with Crippen LogP contribution >= 0.6 is 15.9 Å². The zero-order valence-corrected chi connectivity index (χ0v) is 8.64. The molecule has 0 aliphatic heterocycles. The average Bonchev–Trinajstić information content (AvgIpc) is 2.08. The molecule has 1 aromatic rings. The van der Waals surface area contributed by atoms with Crippen molar-refractivity contribution in [1.29, 1.82) is 0 Å². The van der Waals surface area contributed by atoms with Crippen molar-refractivity contribution >= 4 is 27.5 Å². The molecule has 1 N–H and O–H groups in total. The first-order valence-corrected chi connectivity index (χ1v) is 4.67. The van der Waals surface area contributed by atoms with Gasteiger partial charge in [0, 0.05) is 5.69 Å². The maximum atomic E-state index is 12.4. The highest BCUT2D eigenvalue weighted by atomic mass is 79.9. The van der Waals surface area contributed by atoms with Crippen molar-refractivity contribution in [2.24, 2.45) is 0 Å². The maximum Gasteiger partial charge on any atom is 0.270 e. The largest absolute Gasteiger partial charge is 0.323 e. The van der Waals surface area contributed by atoms with Crippen molar-refractivity contribution in [3.05, 3.63) is 29.8 Å². The Hall–Kier alpha value is -0.900. The summed E-state index contributed by atoms with van der Waals surface area (Å²) < 4.78 is 12.4. The SMILES string of the molecule is Cc1ccc(NC(=O)C(F)Br)cc1. The van der Waals surface area contributed by atoms with Crippen molar-refractivity contribution in [3.63, 3.8) is 0 Å². The Labute approximate surface area is 84.3 Å². The average molecular weight is 246 g/mol. The number of alkyl halides is 2. The number of hydrogen-bond donors (Lipinski definition) is 1. The highest BCUT2D eigenvalue weighted by Crippen LogP contribution is 2.11. The third-order valence-corrected chi connectivity index (χ3v) is 1.93. The highest BCUT2D eigenvalue weighted by molar-refractivity contribution is 9.09. The first-order valence-electron chi connectivity index (χ1n) is 3.75. The summed E-state index contributed by atoms with van der Waals surface area (Å²) in [6, 6.07) is 7.14. The van der Waals surface area contributed by atoms with Crippen molar-refractivity contribution in [2.45, 2.75) is 12.0 Å². The molecule has 0 fully saturated rings. The van der Waals surface area contributed by atoms with Gasteiger partial charge in [-0.25, -0.2) is 4.39 Å². The molecular formula is C9H9BrFNO. The highest BCUT2D eigenvalue weighted by Gasteiger charge is 2.11. The number of hydrogen-bond acceptors (Lipinski definition) is 1. The zero-order chi connectivity index (χ0) is 9.84. The number of halogens is 2. The Morgan fingerprint density at radius 3 is 2.46 bits per heavy atom. The second-order valence-corrected chi connectivity index (χ2v) is 3.46. The number of carbonyl (C=O) groups excluding carboxylic acids is 1. The number of carbonyl (C=O) groups is 1. The van der Waals surface area contributed by atoms with Crippen LogP contribution in [0.3, 0.4) is 0 Å². The molecule has 1 atom stereocenters. The van der Waals surface area contributed by atoms with E-state index in [0.717, 1.165) is 5.56 Å². The van der Waals surface area contributed by atoms with Crippen LogP contribution < -0.4 is 5.32 Å². The summed E-state index contributed by atoms with van der Waals surface area (Å²) >= 11 is 2.53. The number of amides is 1. The summed E-state index contributed by atoms with van der Waals surface area (Å²) in [5.74, 6) is -0.691. The molecule has 0 bridgehead atoms. The van der Waals surface area contributed by atoms with Gasteiger partial charge in [0.05, 0.1) is 0 Å². The van der Waals surface area contributed by atoms with Crippen LogP contribution in [0.15, 0.2) is 24.3 Å². The Morgan fingerprint density at radius 1 is 1.46 bits per heavy atom. The molecule has 70 valence electrons. The van der Waals surface area contributed by atoms with Crippen LogP contribution in [0, 0.1) is 6.92 Å². The third-order valence-electron chi connectivity index (χ3n) is 1.52. The lowest BCUT2D eigenvalue weighted by molar-refractivity contribution is -0.117. The van der Waals surface area contributed by atoms with Gasteiger partial charge in [0.1, 0.15) is 0 Å². The van der Waals surface area contributed by atoms with E-state index >= 15 is 0 Å². The minimum Gasteiger partial charge on any atom is -0.323 e. The van der Waals surface area contributed by atoms with Gasteiger partial charge in [-0.2, -0.15) is 0 Å². The van der Waals surface area contributed by atoms with Gasteiger partial charge in [-0.1, -0.05) is 17.7 Å². The fraction of sp³-hybridized carbons (Fsp3) is 0.222. The quantitative estimate of drug-likeness (QED) is 0.798. The summed E-state index contributed by atoms with van der Waals surface area (Å²) in [5.41, 5.74) is 1.69. The first-order chi connectivity index (χ1) is 6.09.